The molecule has 0 aliphatic carbocycles. The van der Waals surface area contributed by atoms with E-state index in [2.05, 4.69) is 62.3 Å². The van der Waals surface area contributed by atoms with Crippen LogP contribution in [-0.4, -0.2) is 9.78 Å². The Morgan fingerprint density at radius 2 is 1.42 bits per heavy atom. The number of hydrogen-bond acceptors (Lipinski definition) is 1. The number of aryl methyl sites for hydroxylation is 1. The fraction of sp³-hybridized carbons (Fsp3) is 0.318. The van der Waals surface area contributed by atoms with Crippen LogP contribution in [0.15, 0.2) is 73.1 Å². The van der Waals surface area contributed by atoms with E-state index in [1.165, 1.54) is 16.7 Å². The molecule has 3 rings (SSSR count). The van der Waals surface area contributed by atoms with E-state index in [9.17, 15) is 0 Å². The summed E-state index contributed by atoms with van der Waals surface area (Å²) in [7, 11) is 0. The molecule has 2 nitrogen and oxygen atoms in total. The average Bonchev–Trinajstić information content (AvgIpc) is 3.04. The van der Waals surface area contributed by atoms with Gasteiger partial charge in [-0.1, -0.05) is 88.4 Å². The van der Waals surface area contributed by atoms with Crippen LogP contribution in [-0.2, 0) is 6.54 Å². The highest BCUT2D eigenvalue weighted by molar-refractivity contribution is 5.17. The number of hydrogen-bond donors (Lipinski definition) is 0. The second-order valence-electron chi connectivity index (χ2n) is 5.77. The van der Waals surface area contributed by atoms with Crippen molar-refractivity contribution in [3.8, 4) is 0 Å². The van der Waals surface area contributed by atoms with Crippen molar-refractivity contribution in [2.45, 2.75) is 47.1 Å². The van der Waals surface area contributed by atoms with Gasteiger partial charge in [-0.05, 0) is 29.5 Å². The summed E-state index contributed by atoms with van der Waals surface area (Å²) in [6.45, 7) is 11.3. The predicted molar refractivity (Wildman–Crippen MR) is 104 cm³/mol. The molecule has 3 aromatic rings. The van der Waals surface area contributed by atoms with E-state index in [-0.39, 0.29) is 0 Å². The van der Waals surface area contributed by atoms with Gasteiger partial charge in [-0.15, -0.1) is 0 Å². The van der Waals surface area contributed by atoms with Crippen LogP contribution in [0.3, 0.4) is 0 Å². The maximum absolute atomic E-state index is 4.23. The molecule has 1 aromatic heterocycles. The number of nitrogens with zero attached hydrogens (tertiary/aromatic N) is 2. The molecular formula is C22H30N2. The molecule has 0 fully saturated rings. The van der Waals surface area contributed by atoms with Gasteiger partial charge in [0.05, 0.1) is 12.7 Å². The van der Waals surface area contributed by atoms with Crippen LogP contribution in [0.2, 0.25) is 0 Å². The minimum Gasteiger partial charge on any atom is -0.268 e. The molecule has 0 aliphatic heterocycles. The summed E-state index contributed by atoms with van der Waals surface area (Å²) in [6.07, 6.45) is 3.93. The summed E-state index contributed by atoms with van der Waals surface area (Å²) in [5.41, 5.74) is 3.90. The van der Waals surface area contributed by atoms with Gasteiger partial charge in [0, 0.05) is 6.20 Å². The highest BCUT2D eigenvalue weighted by Gasteiger charge is 1.95. The maximum Gasteiger partial charge on any atom is 0.0659 e. The molecule has 0 amide bonds. The Morgan fingerprint density at radius 3 is 1.83 bits per heavy atom. The van der Waals surface area contributed by atoms with Crippen molar-refractivity contribution in [1.29, 1.82) is 0 Å². The molecule has 0 saturated heterocycles. The summed E-state index contributed by atoms with van der Waals surface area (Å²) >= 11 is 0. The minimum absolute atomic E-state index is 0.659. The van der Waals surface area contributed by atoms with Gasteiger partial charge < -0.3 is 0 Å². The largest absolute Gasteiger partial charge is 0.268 e. The summed E-state index contributed by atoms with van der Waals surface area (Å²) in [5, 5.41) is 4.23. The van der Waals surface area contributed by atoms with Crippen LogP contribution in [0, 0.1) is 6.92 Å². The van der Waals surface area contributed by atoms with E-state index in [0.29, 0.717) is 5.92 Å². The zero-order chi connectivity index (χ0) is 17.8. The Kier molecular flexibility index (Phi) is 9.21. The topological polar surface area (TPSA) is 17.8 Å². The highest BCUT2D eigenvalue weighted by atomic mass is 15.3. The van der Waals surface area contributed by atoms with Gasteiger partial charge in [0.2, 0.25) is 0 Å². The molecule has 128 valence electrons. The molecule has 2 heteroatoms. The lowest BCUT2D eigenvalue weighted by atomic mass is 10.0. The van der Waals surface area contributed by atoms with Crippen molar-refractivity contribution in [2.24, 2.45) is 0 Å². The third kappa shape index (κ3) is 7.28. The van der Waals surface area contributed by atoms with Crippen LogP contribution in [0.4, 0.5) is 0 Å². The van der Waals surface area contributed by atoms with Crippen molar-refractivity contribution in [3.63, 3.8) is 0 Å². The molecule has 0 saturated carbocycles. The van der Waals surface area contributed by atoms with Gasteiger partial charge in [-0.2, -0.15) is 5.10 Å². The molecule has 24 heavy (non-hydrogen) atoms. The van der Waals surface area contributed by atoms with Crippen molar-refractivity contribution in [2.75, 3.05) is 0 Å². The first-order chi connectivity index (χ1) is 11.6. The van der Waals surface area contributed by atoms with E-state index in [0.717, 1.165) is 6.54 Å². The average molecular weight is 322 g/mol. The normalized spacial score (nSPS) is 9.58. The van der Waals surface area contributed by atoms with Gasteiger partial charge in [0.25, 0.3) is 0 Å². The van der Waals surface area contributed by atoms with Crippen molar-refractivity contribution in [1.82, 2.24) is 9.78 Å². The molecule has 0 radical (unpaired) electrons. The summed E-state index contributed by atoms with van der Waals surface area (Å²) in [5.74, 6) is 0.659. The van der Waals surface area contributed by atoms with E-state index < -0.39 is 0 Å². The van der Waals surface area contributed by atoms with E-state index in [4.69, 9.17) is 0 Å². The Hall–Kier alpha value is -2.35. The zero-order valence-corrected chi connectivity index (χ0v) is 15.6. The van der Waals surface area contributed by atoms with E-state index in [1.807, 2.05) is 55.2 Å². The molecule has 0 aliphatic rings. The second-order valence-corrected chi connectivity index (χ2v) is 5.77. The molecule has 0 bridgehead atoms. The van der Waals surface area contributed by atoms with Crippen molar-refractivity contribution in [3.05, 3.63) is 89.7 Å². The fourth-order valence-corrected chi connectivity index (χ4v) is 2.16. The molecule has 2 aromatic carbocycles. The number of aromatic nitrogens is 2. The van der Waals surface area contributed by atoms with Crippen LogP contribution >= 0.6 is 0 Å². The quantitative estimate of drug-likeness (QED) is 0.571. The molecule has 1 heterocycles. The number of rotatable bonds is 3. The third-order valence-electron chi connectivity index (χ3n) is 3.42. The Morgan fingerprint density at radius 1 is 0.875 bits per heavy atom. The smallest absolute Gasteiger partial charge is 0.0659 e. The Bertz CT molecular complexity index is 655. The van der Waals surface area contributed by atoms with E-state index >= 15 is 0 Å². The van der Waals surface area contributed by atoms with Crippen molar-refractivity contribution >= 4 is 0 Å². The van der Waals surface area contributed by atoms with Crippen LogP contribution in [0.1, 0.15) is 50.3 Å². The first-order valence-electron chi connectivity index (χ1n) is 8.73. The summed E-state index contributed by atoms with van der Waals surface area (Å²) in [4.78, 5) is 0. The van der Waals surface area contributed by atoms with Gasteiger partial charge in [-0.3, -0.25) is 4.68 Å². The maximum atomic E-state index is 4.23. The molecule has 0 atom stereocenters. The van der Waals surface area contributed by atoms with Crippen LogP contribution < -0.4 is 0 Å². The number of benzene rings is 2. The SMILES string of the molecule is CC.CC(C)c1ccccc1.Cc1cnn(Cc2ccccc2)c1. The standard InChI is InChI=1S/C11H12N2.C9H12.C2H6/c1-10-7-12-13(8-10)9-11-5-3-2-4-6-11;1-8(2)9-6-4-3-5-7-9;1-2/h2-8H,9H2,1H3;3-8H,1-2H3;1-2H3. The molecular weight excluding hydrogens is 292 g/mol. The summed E-state index contributed by atoms with van der Waals surface area (Å²) < 4.78 is 1.95. The van der Waals surface area contributed by atoms with Gasteiger partial charge in [0.1, 0.15) is 0 Å². The van der Waals surface area contributed by atoms with Crippen molar-refractivity contribution < 1.29 is 0 Å². The van der Waals surface area contributed by atoms with Gasteiger partial charge >= 0.3 is 0 Å². The first-order valence-corrected chi connectivity index (χ1v) is 8.73. The Labute approximate surface area is 147 Å². The van der Waals surface area contributed by atoms with Crippen LogP contribution in [0.5, 0.6) is 0 Å². The lowest BCUT2D eigenvalue weighted by Gasteiger charge is -2.01. The van der Waals surface area contributed by atoms with Gasteiger partial charge in [-0.25, -0.2) is 0 Å². The lowest BCUT2D eigenvalue weighted by Crippen LogP contribution is -1.98. The highest BCUT2D eigenvalue weighted by Crippen LogP contribution is 2.11. The monoisotopic (exact) mass is 322 g/mol. The molecule has 0 spiro atoms. The van der Waals surface area contributed by atoms with Gasteiger partial charge in [0.15, 0.2) is 0 Å². The van der Waals surface area contributed by atoms with E-state index in [1.54, 1.807) is 0 Å². The molecule has 0 unspecified atom stereocenters. The minimum atomic E-state index is 0.659. The zero-order valence-electron chi connectivity index (χ0n) is 15.6. The lowest BCUT2D eigenvalue weighted by molar-refractivity contribution is 0.686. The third-order valence-corrected chi connectivity index (χ3v) is 3.42. The summed E-state index contributed by atoms with van der Waals surface area (Å²) in [6, 6.07) is 20.9. The fourth-order valence-electron chi connectivity index (χ4n) is 2.16. The predicted octanol–water partition coefficient (Wildman–Crippen LogP) is 6.08. The Balaban J connectivity index is 0.000000230. The molecule has 0 N–H and O–H groups in total. The second kappa shape index (κ2) is 11.2. The first kappa shape index (κ1) is 19.7. The van der Waals surface area contributed by atoms with Crippen LogP contribution in [0.25, 0.3) is 0 Å².